The summed E-state index contributed by atoms with van der Waals surface area (Å²) in [4.78, 5) is 12.7. The van der Waals surface area contributed by atoms with Crippen LogP contribution >= 0.6 is 0 Å². The molecule has 0 unspecified atom stereocenters. The molecule has 0 atom stereocenters. The zero-order chi connectivity index (χ0) is 23.1. The molecule has 0 bridgehead atoms. The molecule has 0 spiro atoms. The molecule has 3 aromatic rings. The van der Waals surface area contributed by atoms with Gasteiger partial charge in [-0.15, -0.1) is 0 Å². The lowest BCUT2D eigenvalue weighted by Crippen LogP contribution is -2.38. The molecule has 6 nitrogen and oxygen atoms in total. The Morgan fingerprint density at radius 2 is 1.78 bits per heavy atom. The van der Waals surface area contributed by atoms with Gasteiger partial charge in [-0.3, -0.25) is 9.10 Å². The number of ether oxygens (including phenoxy) is 1. The maximum Gasteiger partial charge on any atom is 0.264 e. The molecule has 32 heavy (non-hydrogen) atoms. The number of anilines is 2. The second-order valence-corrected chi connectivity index (χ2v) is 8.84. The van der Waals surface area contributed by atoms with Gasteiger partial charge in [0, 0.05) is 11.8 Å². The van der Waals surface area contributed by atoms with Crippen LogP contribution in [0.1, 0.15) is 5.56 Å². The highest BCUT2D eigenvalue weighted by atomic mass is 32.2. The third kappa shape index (κ3) is 5.73. The monoisotopic (exact) mass is 454 g/mol. The number of hydrogen-bond donors (Lipinski definition) is 1. The number of nitrogens with zero attached hydrogens (tertiary/aromatic N) is 1. The van der Waals surface area contributed by atoms with Crippen molar-refractivity contribution < 1.29 is 22.3 Å². The number of carbonyl (C=O) groups excluding carboxylic acids is 1. The topological polar surface area (TPSA) is 75.7 Å². The fraction of sp³-hybridized carbons (Fsp3) is 0.125. The average Bonchev–Trinajstić information content (AvgIpc) is 2.77. The highest BCUT2D eigenvalue weighted by molar-refractivity contribution is 7.92. The quantitative estimate of drug-likeness (QED) is 0.482. The maximum atomic E-state index is 13.3. The molecule has 0 heterocycles. The van der Waals surface area contributed by atoms with Crippen LogP contribution in [0.25, 0.3) is 0 Å². The van der Waals surface area contributed by atoms with E-state index >= 15 is 0 Å². The summed E-state index contributed by atoms with van der Waals surface area (Å²) in [5.74, 6) is -0.559. The van der Waals surface area contributed by atoms with E-state index in [1.807, 2.05) is 6.92 Å². The van der Waals surface area contributed by atoms with E-state index < -0.39 is 28.3 Å². The Hall–Kier alpha value is -3.65. The Bertz CT molecular complexity index is 1190. The summed E-state index contributed by atoms with van der Waals surface area (Å²) in [7, 11) is -4.12. The van der Waals surface area contributed by atoms with E-state index in [0.717, 1.165) is 22.0 Å². The number of benzene rings is 3. The maximum absolute atomic E-state index is 13.3. The second kappa shape index (κ2) is 10.1. The molecular formula is C24H23FN2O4S. The standard InChI is InChI=1S/C24H23FN2O4S/c1-3-15-31-22-6-4-5-20(16-22)26-24(28)17-27(21-11-7-18(2)8-12-21)32(29,30)23-13-9-19(25)10-14-23/h3-14,16H,1,15,17H2,2H3,(H,26,28). The molecule has 3 rings (SSSR count). The van der Waals surface area contributed by atoms with E-state index in [4.69, 9.17) is 4.74 Å². The summed E-state index contributed by atoms with van der Waals surface area (Å²) >= 11 is 0. The van der Waals surface area contributed by atoms with Crippen LogP contribution in [-0.4, -0.2) is 27.5 Å². The summed E-state index contributed by atoms with van der Waals surface area (Å²) in [6, 6.07) is 18.0. The van der Waals surface area contributed by atoms with Crippen LogP contribution in [0, 0.1) is 12.7 Å². The largest absolute Gasteiger partial charge is 0.489 e. The smallest absolute Gasteiger partial charge is 0.264 e. The van der Waals surface area contributed by atoms with Gasteiger partial charge in [0.15, 0.2) is 0 Å². The SMILES string of the molecule is C=CCOc1cccc(NC(=O)CN(c2ccc(C)cc2)S(=O)(=O)c2ccc(F)cc2)c1. The molecule has 0 aliphatic heterocycles. The summed E-state index contributed by atoms with van der Waals surface area (Å²) < 4.78 is 46.3. The van der Waals surface area contributed by atoms with Crippen molar-refractivity contribution in [3.05, 3.63) is 96.8 Å². The fourth-order valence-electron chi connectivity index (χ4n) is 2.91. The van der Waals surface area contributed by atoms with Gasteiger partial charge in [-0.2, -0.15) is 0 Å². The van der Waals surface area contributed by atoms with Crippen LogP contribution in [0.4, 0.5) is 15.8 Å². The molecule has 0 aliphatic carbocycles. The van der Waals surface area contributed by atoms with Gasteiger partial charge in [-0.25, -0.2) is 12.8 Å². The lowest BCUT2D eigenvalue weighted by atomic mass is 10.2. The van der Waals surface area contributed by atoms with Crippen LogP contribution in [0.2, 0.25) is 0 Å². The highest BCUT2D eigenvalue weighted by Gasteiger charge is 2.27. The van der Waals surface area contributed by atoms with Crippen LogP contribution in [0.5, 0.6) is 5.75 Å². The number of hydrogen-bond acceptors (Lipinski definition) is 4. The Morgan fingerprint density at radius 3 is 2.44 bits per heavy atom. The van der Waals surface area contributed by atoms with E-state index in [1.165, 1.54) is 12.1 Å². The third-order valence-corrected chi connectivity index (χ3v) is 6.28. The van der Waals surface area contributed by atoms with Gasteiger partial charge in [0.05, 0.1) is 10.6 Å². The van der Waals surface area contributed by atoms with E-state index in [-0.39, 0.29) is 4.90 Å². The summed E-state index contributed by atoms with van der Waals surface area (Å²) in [5.41, 5.74) is 1.71. The number of carbonyl (C=O) groups is 1. The zero-order valence-electron chi connectivity index (χ0n) is 17.5. The molecule has 1 N–H and O–H groups in total. The van der Waals surface area contributed by atoms with Gasteiger partial charge in [-0.1, -0.05) is 36.4 Å². The molecule has 0 saturated carbocycles. The first kappa shape index (κ1) is 23.0. The van der Waals surface area contributed by atoms with Crippen molar-refractivity contribution in [2.24, 2.45) is 0 Å². The Kier molecular flexibility index (Phi) is 7.27. The van der Waals surface area contributed by atoms with Crippen molar-refractivity contribution in [1.82, 2.24) is 0 Å². The Morgan fingerprint density at radius 1 is 1.09 bits per heavy atom. The van der Waals surface area contributed by atoms with Crippen molar-refractivity contribution in [3.8, 4) is 5.75 Å². The van der Waals surface area contributed by atoms with Gasteiger partial charge in [0.25, 0.3) is 10.0 Å². The molecule has 0 fully saturated rings. The van der Waals surface area contributed by atoms with Crippen molar-refractivity contribution in [3.63, 3.8) is 0 Å². The minimum absolute atomic E-state index is 0.118. The van der Waals surface area contributed by atoms with Gasteiger partial charge in [0.1, 0.15) is 24.7 Å². The number of amides is 1. The van der Waals surface area contributed by atoms with E-state index in [1.54, 1.807) is 54.6 Å². The molecular weight excluding hydrogens is 431 g/mol. The average molecular weight is 455 g/mol. The lowest BCUT2D eigenvalue weighted by molar-refractivity contribution is -0.114. The first-order chi connectivity index (χ1) is 15.3. The number of sulfonamides is 1. The number of halogens is 1. The minimum Gasteiger partial charge on any atom is -0.489 e. The van der Waals surface area contributed by atoms with E-state index in [0.29, 0.717) is 23.7 Å². The summed E-state index contributed by atoms with van der Waals surface area (Å²) in [5, 5.41) is 2.69. The molecule has 1 amide bonds. The third-order valence-electron chi connectivity index (χ3n) is 4.50. The normalized spacial score (nSPS) is 10.9. The molecule has 0 saturated heterocycles. The van der Waals surface area contributed by atoms with Crippen molar-refractivity contribution >= 4 is 27.3 Å². The van der Waals surface area contributed by atoms with Crippen molar-refractivity contribution in [2.75, 3.05) is 22.8 Å². The number of nitrogens with one attached hydrogen (secondary N) is 1. The predicted octanol–water partition coefficient (Wildman–Crippen LogP) is 4.53. The molecule has 166 valence electrons. The van der Waals surface area contributed by atoms with E-state index in [9.17, 15) is 17.6 Å². The minimum atomic E-state index is -4.12. The predicted molar refractivity (Wildman–Crippen MR) is 123 cm³/mol. The summed E-state index contributed by atoms with van der Waals surface area (Å²) in [6.07, 6.45) is 1.60. The fourth-order valence-corrected chi connectivity index (χ4v) is 4.33. The van der Waals surface area contributed by atoms with Crippen LogP contribution in [0.15, 0.2) is 90.3 Å². The van der Waals surface area contributed by atoms with Gasteiger partial charge in [0.2, 0.25) is 5.91 Å². The Balaban J connectivity index is 1.87. The van der Waals surface area contributed by atoms with Crippen molar-refractivity contribution in [1.29, 1.82) is 0 Å². The second-order valence-electron chi connectivity index (χ2n) is 6.98. The van der Waals surface area contributed by atoms with Crippen LogP contribution < -0.4 is 14.4 Å². The van der Waals surface area contributed by atoms with Crippen LogP contribution in [-0.2, 0) is 14.8 Å². The van der Waals surface area contributed by atoms with Gasteiger partial charge >= 0.3 is 0 Å². The number of rotatable bonds is 9. The first-order valence-electron chi connectivity index (χ1n) is 9.78. The molecule has 0 radical (unpaired) electrons. The van der Waals surface area contributed by atoms with E-state index in [2.05, 4.69) is 11.9 Å². The van der Waals surface area contributed by atoms with Crippen molar-refractivity contribution in [2.45, 2.75) is 11.8 Å². The Labute approximate surface area is 187 Å². The van der Waals surface area contributed by atoms with Crippen LogP contribution in [0.3, 0.4) is 0 Å². The summed E-state index contributed by atoms with van der Waals surface area (Å²) in [6.45, 7) is 5.30. The zero-order valence-corrected chi connectivity index (χ0v) is 18.3. The molecule has 3 aromatic carbocycles. The van der Waals surface area contributed by atoms with Gasteiger partial charge < -0.3 is 10.1 Å². The molecule has 8 heteroatoms. The first-order valence-corrected chi connectivity index (χ1v) is 11.2. The number of aryl methyl sites for hydroxylation is 1. The molecule has 0 aromatic heterocycles. The molecule has 0 aliphatic rings. The highest BCUT2D eigenvalue weighted by Crippen LogP contribution is 2.25. The lowest BCUT2D eigenvalue weighted by Gasteiger charge is -2.24. The van der Waals surface area contributed by atoms with Gasteiger partial charge in [-0.05, 0) is 55.5 Å².